The van der Waals surface area contributed by atoms with Crippen LogP contribution in [0.1, 0.15) is 128 Å². The maximum absolute atomic E-state index is 14.0. The summed E-state index contributed by atoms with van der Waals surface area (Å²) in [5.41, 5.74) is -5.12. The van der Waals surface area contributed by atoms with E-state index in [1.807, 2.05) is 0 Å². The number of benzene rings is 1. The molecule has 29 heteroatoms. The van der Waals surface area contributed by atoms with Gasteiger partial charge in [-0.2, -0.15) is 0 Å². The average molecular weight is 1210 g/mol. The van der Waals surface area contributed by atoms with E-state index in [1.165, 1.54) is 38.2 Å². The Hall–Kier alpha value is -6.34. The summed E-state index contributed by atoms with van der Waals surface area (Å²) >= 11 is 0. The predicted octanol–water partition coefficient (Wildman–Crippen LogP) is 3.61. The summed E-state index contributed by atoms with van der Waals surface area (Å²) < 4.78 is 52.9. The lowest BCUT2D eigenvalue weighted by molar-refractivity contribution is -0.384. The van der Waals surface area contributed by atoms with Crippen molar-refractivity contribution in [3.63, 3.8) is 0 Å². The molecule has 5 rings (SSSR count). The molecule has 480 valence electrons. The Morgan fingerprint density at radius 1 is 0.741 bits per heavy atom. The number of hydrogen-bond donors (Lipinski definition) is 10. The van der Waals surface area contributed by atoms with Gasteiger partial charge in [0.2, 0.25) is 12.2 Å². The summed E-state index contributed by atoms with van der Waals surface area (Å²) in [6.07, 6.45) is -13.6. The van der Waals surface area contributed by atoms with Crippen molar-refractivity contribution in [2.75, 3.05) is 33.3 Å². The molecule has 0 bridgehead atoms. The number of aliphatic hydroxyl groups excluding tert-OH is 3. The van der Waals surface area contributed by atoms with Crippen LogP contribution >= 0.6 is 0 Å². The number of hydrogen-bond acceptors (Lipinski definition) is 22. The van der Waals surface area contributed by atoms with Gasteiger partial charge in [-0.15, -0.1) is 0 Å². The lowest BCUT2D eigenvalue weighted by Gasteiger charge is -2.50. The molecule has 2 aliphatic carbocycles. The number of carbonyl (C=O) groups excluding carboxylic acids is 6. The average Bonchev–Trinajstić information content (AvgIpc) is 3.31. The van der Waals surface area contributed by atoms with E-state index in [-0.39, 0.29) is 62.4 Å². The SMILES string of the molecule is CN(C(=O)OC(C)(C)C)[C@@H]1[C@@H](O)[C@@H](O[C@@H]2[C@@H](O)[C@H](O[C@H]3OC(CNC(=O)OCc4ccc([N+](=O)[O-])cc4)=CC[C@H]3NCC3CC(NC(=O)OC(C)(C)C)C3)[C@@H](NC(=O)OC(C)(C)C)C[C@H]2NC(=O)[C@@H](O)CCNC(=O)OC(C)(C)C)OC[C@]1(C)O. The van der Waals surface area contributed by atoms with E-state index in [9.17, 15) is 59.3 Å². The second-order valence-electron chi connectivity index (χ2n) is 26.0. The number of alkyl carbamates (subject to hydrolysis) is 4. The van der Waals surface area contributed by atoms with E-state index in [0.29, 0.717) is 24.9 Å². The number of carbonyl (C=O) groups is 6. The molecule has 2 saturated carbocycles. The van der Waals surface area contributed by atoms with Gasteiger partial charge in [-0.05, 0) is 158 Å². The van der Waals surface area contributed by atoms with Crippen LogP contribution in [0.4, 0.5) is 29.7 Å². The number of ether oxygens (including phenoxy) is 9. The molecule has 1 aromatic carbocycles. The van der Waals surface area contributed by atoms with Gasteiger partial charge < -0.3 is 99.9 Å². The number of rotatable bonds is 20. The van der Waals surface area contributed by atoms with Crippen LogP contribution in [0.2, 0.25) is 0 Å². The van der Waals surface area contributed by atoms with Crippen molar-refractivity contribution in [3.05, 3.63) is 51.8 Å². The maximum atomic E-state index is 14.0. The molecule has 2 heterocycles. The van der Waals surface area contributed by atoms with E-state index in [0.717, 1.165) is 4.90 Å². The van der Waals surface area contributed by atoms with Crippen LogP contribution in [-0.2, 0) is 54.0 Å². The molecule has 10 N–H and O–H groups in total. The lowest BCUT2D eigenvalue weighted by Crippen LogP contribution is -2.71. The highest BCUT2D eigenvalue weighted by atomic mass is 16.7. The van der Waals surface area contributed by atoms with Crippen molar-refractivity contribution >= 4 is 42.1 Å². The van der Waals surface area contributed by atoms with E-state index in [1.54, 1.807) is 89.2 Å². The topological polar surface area (TPSA) is 385 Å². The molecular weight excluding hydrogens is 1120 g/mol. The zero-order chi connectivity index (χ0) is 63.6. The van der Waals surface area contributed by atoms with E-state index >= 15 is 0 Å². The smallest absolute Gasteiger partial charge is 0.410 e. The number of nitrogens with zero attached hydrogens (tertiary/aromatic N) is 2. The minimum atomic E-state index is -1.93. The zero-order valence-corrected chi connectivity index (χ0v) is 51.1. The predicted molar refractivity (Wildman–Crippen MR) is 301 cm³/mol. The Bertz CT molecular complexity index is 2490. The first-order valence-corrected chi connectivity index (χ1v) is 28.4. The van der Waals surface area contributed by atoms with Gasteiger partial charge >= 0.3 is 30.5 Å². The summed E-state index contributed by atoms with van der Waals surface area (Å²) in [7, 11) is 1.30. The molecule has 85 heavy (non-hydrogen) atoms. The summed E-state index contributed by atoms with van der Waals surface area (Å²) in [4.78, 5) is 90.7. The fourth-order valence-corrected chi connectivity index (χ4v) is 9.76. The maximum Gasteiger partial charge on any atom is 0.410 e. The van der Waals surface area contributed by atoms with Gasteiger partial charge in [0.05, 0.1) is 42.2 Å². The Labute approximate surface area is 495 Å². The second-order valence-corrected chi connectivity index (χ2v) is 26.0. The van der Waals surface area contributed by atoms with Gasteiger partial charge in [-0.3, -0.25) is 14.9 Å². The van der Waals surface area contributed by atoms with Gasteiger partial charge in [0, 0.05) is 31.8 Å². The summed E-state index contributed by atoms with van der Waals surface area (Å²) in [5.74, 6) is -0.760. The fraction of sp³-hybridized carbons (Fsp3) is 0.750. The minimum Gasteiger partial charge on any atom is -0.466 e. The highest BCUT2D eigenvalue weighted by Crippen LogP contribution is 2.36. The van der Waals surface area contributed by atoms with Crippen LogP contribution in [0.5, 0.6) is 0 Å². The van der Waals surface area contributed by atoms with Crippen LogP contribution in [-0.4, -0.2) is 201 Å². The van der Waals surface area contributed by atoms with Gasteiger partial charge in [-0.25, -0.2) is 24.0 Å². The molecule has 6 amide bonds. The van der Waals surface area contributed by atoms with E-state index < -0.39 is 143 Å². The van der Waals surface area contributed by atoms with Crippen molar-refractivity contribution in [2.45, 2.75) is 230 Å². The third-order valence-electron chi connectivity index (χ3n) is 13.6. The third kappa shape index (κ3) is 22.2. The van der Waals surface area contributed by atoms with Crippen molar-refractivity contribution in [1.82, 2.24) is 36.8 Å². The molecule has 0 spiro atoms. The highest BCUT2D eigenvalue weighted by Gasteiger charge is 2.55. The molecule has 12 atom stereocenters. The first-order valence-electron chi connectivity index (χ1n) is 28.4. The molecule has 29 nitrogen and oxygen atoms in total. The van der Waals surface area contributed by atoms with E-state index in [4.69, 9.17) is 42.6 Å². The van der Waals surface area contributed by atoms with Crippen LogP contribution in [0, 0.1) is 16.0 Å². The summed E-state index contributed by atoms with van der Waals surface area (Å²) in [5, 5.41) is 75.6. The highest BCUT2D eigenvalue weighted by molar-refractivity contribution is 5.81. The number of nitro groups is 1. The van der Waals surface area contributed by atoms with Gasteiger partial charge in [0.1, 0.15) is 70.9 Å². The molecule has 1 aromatic rings. The van der Waals surface area contributed by atoms with Crippen molar-refractivity contribution in [2.24, 2.45) is 5.92 Å². The first-order chi connectivity index (χ1) is 39.3. The number of non-ortho nitro benzene ring substituents is 1. The van der Waals surface area contributed by atoms with E-state index in [2.05, 4.69) is 31.9 Å². The van der Waals surface area contributed by atoms with Crippen LogP contribution in [0.15, 0.2) is 36.1 Å². The quantitative estimate of drug-likeness (QED) is 0.0506. The molecule has 4 aliphatic rings. The molecular formula is C56H90N8O21. The standard InChI is InChI=1S/C56H90N8O21/c1-52(2,3)82-48(70)57-22-21-38(65)44(68)61-36-25-37(62-50(72)84-54(7,8)9)42(39(66)41(36)81-46-40(67)43(56(13,74)29-78-46)63(14)51(73)85-55(10,11)12)80-45-35(58-26-31-23-32(24-31)60-49(71)83-53(4,5)6)20-19-34(79-45)27-59-47(69)77-28-30-15-17-33(18-16-30)64(75)76/h15-19,31-32,35-43,45-46,58,65-67,74H,20-29H2,1-14H3,(H,57,70)(H,59,69)(H,60,71)(H,61,68)(H,62,72)/t31?,32?,35-,36-,37+,38+,39-,40-,41+,42-,43-,45-,46-,56+/m1/s1. The first kappa shape index (κ1) is 69.4. The van der Waals surface area contributed by atoms with Crippen LogP contribution < -0.4 is 31.9 Å². The Morgan fingerprint density at radius 2 is 1.29 bits per heavy atom. The lowest BCUT2D eigenvalue weighted by atomic mass is 9.80. The van der Waals surface area contributed by atoms with Gasteiger partial charge in [-0.1, -0.05) is 0 Å². The number of nitro benzene ring substituents is 1. The number of nitrogens with one attached hydrogen (secondary N) is 6. The van der Waals surface area contributed by atoms with Crippen molar-refractivity contribution in [1.29, 1.82) is 0 Å². The minimum absolute atomic E-state index is 0.0616. The Kier molecular flexibility index (Phi) is 23.6. The van der Waals surface area contributed by atoms with Gasteiger partial charge in [0.15, 0.2) is 6.29 Å². The number of amides is 6. The third-order valence-corrected chi connectivity index (χ3v) is 13.6. The second kappa shape index (κ2) is 28.9. The summed E-state index contributed by atoms with van der Waals surface area (Å²) in [6.45, 7) is 20.5. The molecule has 2 aliphatic heterocycles. The van der Waals surface area contributed by atoms with Crippen molar-refractivity contribution < 1.29 is 96.7 Å². The largest absolute Gasteiger partial charge is 0.466 e. The molecule has 0 unspecified atom stereocenters. The molecule has 0 radical (unpaired) electrons. The summed E-state index contributed by atoms with van der Waals surface area (Å²) in [6, 6.07) is 0.451. The molecule has 1 saturated heterocycles. The normalized spacial score (nSPS) is 28.3. The molecule has 0 aromatic heterocycles. The number of aliphatic hydroxyl groups is 4. The zero-order valence-electron chi connectivity index (χ0n) is 51.1. The monoisotopic (exact) mass is 1210 g/mol. The molecule has 3 fully saturated rings. The van der Waals surface area contributed by atoms with Crippen LogP contribution in [0.3, 0.4) is 0 Å². The van der Waals surface area contributed by atoms with Crippen LogP contribution in [0.25, 0.3) is 0 Å². The Balaban J connectivity index is 1.47. The number of likely N-dealkylation sites (N-methyl/N-ethyl adjacent to an activating group) is 1. The Morgan fingerprint density at radius 3 is 1.87 bits per heavy atom. The van der Waals surface area contributed by atoms with Crippen molar-refractivity contribution in [3.8, 4) is 0 Å². The fourth-order valence-electron chi connectivity index (χ4n) is 9.76. The van der Waals surface area contributed by atoms with Gasteiger partial charge in [0.25, 0.3) is 5.69 Å².